The molecule has 0 aliphatic carbocycles. The number of nitrogens with one attached hydrogen (secondary N) is 1. The van der Waals surface area contributed by atoms with Crippen molar-refractivity contribution in [2.45, 2.75) is 25.8 Å². The van der Waals surface area contributed by atoms with Gasteiger partial charge in [-0.25, -0.2) is 0 Å². The summed E-state index contributed by atoms with van der Waals surface area (Å²) in [6.07, 6.45) is 2.34. The van der Waals surface area contributed by atoms with Crippen molar-refractivity contribution in [3.63, 3.8) is 0 Å². The topological polar surface area (TPSA) is 12.0 Å². The molecule has 0 bridgehead atoms. The summed E-state index contributed by atoms with van der Waals surface area (Å²) in [5, 5.41) is 3.35. The second kappa shape index (κ2) is 2.31. The molecule has 1 aliphatic rings. The minimum Gasteiger partial charge on any atom is -0.314 e. The van der Waals surface area contributed by atoms with Gasteiger partial charge in [-0.15, -0.1) is 0 Å². The minimum absolute atomic E-state index is 0.663. The van der Waals surface area contributed by atoms with Crippen LogP contribution in [0.3, 0.4) is 0 Å². The predicted molar refractivity (Wildman–Crippen MR) is 35.8 cm³/mol. The van der Waals surface area contributed by atoms with Crippen molar-refractivity contribution in [3.8, 4) is 0 Å². The van der Waals surface area contributed by atoms with Crippen LogP contribution in [0, 0.1) is 0 Å². The summed E-state index contributed by atoms with van der Waals surface area (Å²) in [7, 11) is 0. The van der Waals surface area contributed by atoms with Crippen molar-refractivity contribution in [1.82, 2.24) is 5.32 Å². The highest BCUT2D eigenvalue weighted by Gasteiger charge is 2.08. The summed E-state index contributed by atoms with van der Waals surface area (Å²) in [4.78, 5) is 0. The minimum atomic E-state index is 0.663. The number of hydrogen-bond acceptors (Lipinski definition) is 1. The maximum atomic E-state index is 3.92. The van der Waals surface area contributed by atoms with Crippen molar-refractivity contribution in [3.05, 3.63) is 12.2 Å². The first-order valence-electron chi connectivity index (χ1n) is 3.19. The third-order valence-electron chi connectivity index (χ3n) is 1.57. The van der Waals surface area contributed by atoms with Crippen LogP contribution in [0.25, 0.3) is 0 Å². The van der Waals surface area contributed by atoms with E-state index in [1.807, 2.05) is 0 Å². The molecule has 1 fully saturated rings. The van der Waals surface area contributed by atoms with Gasteiger partial charge >= 0.3 is 0 Å². The Morgan fingerprint density at radius 1 is 1.75 bits per heavy atom. The zero-order valence-electron chi connectivity index (χ0n) is 5.41. The summed E-state index contributed by atoms with van der Waals surface area (Å²) in [6, 6.07) is 0.663. The van der Waals surface area contributed by atoms with Gasteiger partial charge < -0.3 is 5.32 Å². The number of rotatable bonds is 0. The molecule has 1 atom stereocenters. The van der Waals surface area contributed by atoms with Gasteiger partial charge in [-0.3, -0.25) is 0 Å². The Labute approximate surface area is 50.8 Å². The second-order valence-electron chi connectivity index (χ2n) is 2.56. The van der Waals surface area contributed by atoms with Crippen LogP contribution in [-0.4, -0.2) is 12.6 Å². The molecule has 0 unspecified atom stereocenters. The molecule has 0 aromatic carbocycles. The standard InChI is InChI=1S/C7H13N/c1-6-3-4-8-7(2)5-6/h7-8H,1,3-5H2,2H3/t7-/m0/s1. The van der Waals surface area contributed by atoms with Gasteiger partial charge in [-0.1, -0.05) is 12.2 Å². The second-order valence-corrected chi connectivity index (χ2v) is 2.56. The lowest BCUT2D eigenvalue weighted by Crippen LogP contribution is -2.31. The monoisotopic (exact) mass is 111 g/mol. The van der Waals surface area contributed by atoms with E-state index in [2.05, 4.69) is 18.8 Å². The van der Waals surface area contributed by atoms with E-state index in [9.17, 15) is 0 Å². The number of piperidine rings is 1. The van der Waals surface area contributed by atoms with Gasteiger partial charge in [0.2, 0.25) is 0 Å². The van der Waals surface area contributed by atoms with E-state index in [1.165, 1.54) is 18.4 Å². The smallest absolute Gasteiger partial charge is 0.00759 e. The van der Waals surface area contributed by atoms with Gasteiger partial charge in [0.05, 0.1) is 0 Å². The third-order valence-corrected chi connectivity index (χ3v) is 1.57. The molecule has 0 aromatic heterocycles. The quantitative estimate of drug-likeness (QED) is 0.465. The fourth-order valence-electron chi connectivity index (χ4n) is 1.10. The van der Waals surface area contributed by atoms with Crippen LogP contribution in [0.5, 0.6) is 0 Å². The maximum Gasteiger partial charge on any atom is 0.00759 e. The summed E-state index contributed by atoms with van der Waals surface area (Å²) < 4.78 is 0. The molecule has 1 saturated heterocycles. The molecular weight excluding hydrogens is 98.1 g/mol. The van der Waals surface area contributed by atoms with Crippen LogP contribution < -0.4 is 5.32 Å². The first-order valence-corrected chi connectivity index (χ1v) is 3.19. The largest absolute Gasteiger partial charge is 0.314 e. The molecule has 1 N–H and O–H groups in total. The van der Waals surface area contributed by atoms with Crippen LogP contribution in [0.1, 0.15) is 19.8 Å². The Morgan fingerprint density at radius 2 is 2.50 bits per heavy atom. The molecule has 0 spiro atoms. The zero-order valence-corrected chi connectivity index (χ0v) is 5.41. The maximum absolute atomic E-state index is 3.92. The van der Waals surface area contributed by atoms with E-state index >= 15 is 0 Å². The van der Waals surface area contributed by atoms with E-state index < -0.39 is 0 Å². The zero-order chi connectivity index (χ0) is 5.98. The SMILES string of the molecule is C=C1CCN[C@@H](C)C1. The van der Waals surface area contributed by atoms with Crippen molar-refractivity contribution >= 4 is 0 Å². The van der Waals surface area contributed by atoms with Crippen molar-refractivity contribution in [2.24, 2.45) is 0 Å². The molecule has 46 valence electrons. The van der Waals surface area contributed by atoms with Crippen LogP contribution >= 0.6 is 0 Å². The Hall–Kier alpha value is -0.300. The average molecular weight is 111 g/mol. The highest BCUT2D eigenvalue weighted by atomic mass is 14.9. The highest BCUT2D eigenvalue weighted by molar-refractivity contribution is 5.00. The van der Waals surface area contributed by atoms with E-state index in [1.54, 1.807) is 0 Å². The Bertz CT molecular complexity index is 96.6. The molecule has 0 aromatic rings. The molecule has 1 heterocycles. The number of hydrogen-bond donors (Lipinski definition) is 1. The fraction of sp³-hybridized carbons (Fsp3) is 0.714. The molecule has 8 heavy (non-hydrogen) atoms. The van der Waals surface area contributed by atoms with E-state index in [0.29, 0.717) is 6.04 Å². The summed E-state index contributed by atoms with van der Waals surface area (Å²) >= 11 is 0. The van der Waals surface area contributed by atoms with E-state index in [-0.39, 0.29) is 0 Å². The van der Waals surface area contributed by atoms with Gasteiger partial charge in [-0.2, -0.15) is 0 Å². The van der Waals surface area contributed by atoms with Gasteiger partial charge in [0, 0.05) is 6.04 Å². The first kappa shape index (κ1) is 5.83. The van der Waals surface area contributed by atoms with Crippen molar-refractivity contribution in [1.29, 1.82) is 0 Å². The predicted octanol–water partition coefficient (Wildman–Crippen LogP) is 1.31. The van der Waals surface area contributed by atoms with Gasteiger partial charge in [0.1, 0.15) is 0 Å². The van der Waals surface area contributed by atoms with E-state index in [4.69, 9.17) is 0 Å². The lowest BCUT2D eigenvalue weighted by molar-refractivity contribution is 0.495. The lowest BCUT2D eigenvalue weighted by atomic mass is 10.0. The van der Waals surface area contributed by atoms with Gasteiger partial charge in [-0.05, 0) is 26.3 Å². The molecule has 0 saturated carbocycles. The summed E-state index contributed by atoms with van der Waals surface area (Å²) in [5.41, 5.74) is 1.40. The molecule has 0 amide bonds. The molecule has 1 aliphatic heterocycles. The van der Waals surface area contributed by atoms with Crippen molar-refractivity contribution in [2.75, 3.05) is 6.54 Å². The summed E-state index contributed by atoms with van der Waals surface area (Å²) in [6.45, 7) is 7.25. The summed E-state index contributed by atoms with van der Waals surface area (Å²) in [5.74, 6) is 0. The molecule has 1 rings (SSSR count). The Balaban J connectivity index is 2.34. The van der Waals surface area contributed by atoms with Crippen molar-refractivity contribution < 1.29 is 0 Å². The Kier molecular flexibility index (Phi) is 1.69. The molecule has 0 radical (unpaired) electrons. The van der Waals surface area contributed by atoms with Crippen LogP contribution in [0.15, 0.2) is 12.2 Å². The normalized spacial score (nSPS) is 30.6. The molecular formula is C7H13N. The lowest BCUT2D eigenvalue weighted by Gasteiger charge is -2.20. The van der Waals surface area contributed by atoms with Gasteiger partial charge in [0.25, 0.3) is 0 Å². The van der Waals surface area contributed by atoms with Crippen LogP contribution in [-0.2, 0) is 0 Å². The average Bonchev–Trinajstić information content (AvgIpc) is 1.64. The van der Waals surface area contributed by atoms with E-state index in [0.717, 1.165) is 6.54 Å². The fourth-order valence-corrected chi connectivity index (χ4v) is 1.10. The third kappa shape index (κ3) is 1.34. The first-order chi connectivity index (χ1) is 3.79. The molecule has 1 nitrogen and oxygen atoms in total. The Morgan fingerprint density at radius 3 is 2.88 bits per heavy atom. The van der Waals surface area contributed by atoms with Gasteiger partial charge in [0.15, 0.2) is 0 Å². The van der Waals surface area contributed by atoms with Crippen LogP contribution in [0.4, 0.5) is 0 Å². The van der Waals surface area contributed by atoms with Crippen LogP contribution in [0.2, 0.25) is 0 Å². The molecule has 1 heteroatoms. The highest BCUT2D eigenvalue weighted by Crippen LogP contribution is 2.10.